The highest BCUT2D eigenvalue weighted by Crippen LogP contribution is 2.22. The van der Waals surface area contributed by atoms with E-state index in [-0.39, 0.29) is 0 Å². The molecule has 0 bridgehead atoms. The van der Waals surface area contributed by atoms with Crippen LogP contribution in [0, 0.1) is 0 Å². The van der Waals surface area contributed by atoms with E-state index in [1.54, 1.807) is 7.11 Å². The maximum atomic E-state index is 5.20. The van der Waals surface area contributed by atoms with E-state index in [0.29, 0.717) is 0 Å². The van der Waals surface area contributed by atoms with Crippen LogP contribution in [0.25, 0.3) is 16.7 Å². The van der Waals surface area contributed by atoms with Gasteiger partial charge in [0.05, 0.1) is 12.8 Å². The molecule has 0 spiro atoms. The summed E-state index contributed by atoms with van der Waals surface area (Å²) in [5, 5.41) is 4.61. The zero-order valence-corrected chi connectivity index (χ0v) is 14.0. The molecule has 0 atom stereocenters. The predicted molar refractivity (Wildman–Crippen MR) is 101 cm³/mol. The van der Waals surface area contributed by atoms with E-state index in [0.717, 1.165) is 34.7 Å². The predicted octanol–water partition coefficient (Wildman–Crippen LogP) is 4.65. The number of benzene rings is 2. The molecule has 0 fully saturated rings. The van der Waals surface area contributed by atoms with Crippen LogP contribution in [-0.4, -0.2) is 16.7 Å². The van der Waals surface area contributed by atoms with Crippen LogP contribution in [0.5, 0.6) is 5.75 Å². The third kappa shape index (κ3) is 3.06. The SMILES string of the molecule is COc1ccc(NCc2ccccc2-n2ccc3cccnc32)cc1. The highest BCUT2D eigenvalue weighted by Gasteiger charge is 2.08. The van der Waals surface area contributed by atoms with Gasteiger partial charge in [-0.2, -0.15) is 0 Å². The van der Waals surface area contributed by atoms with E-state index in [1.165, 1.54) is 5.56 Å². The summed E-state index contributed by atoms with van der Waals surface area (Å²) in [6.07, 6.45) is 3.90. The fourth-order valence-corrected chi connectivity index (χ4v) is 2.96. The van der Waals surface area contributed by atoms with Crippen LogP contribution in [0.1, 0.15) is 5.56 Å². The van der Waals surface area contributed by atoms with Gasteiger partial charge in [0.25, 0.3) is 0 Å². The quantitative estimate of drug-likeness (QED) is 0.579. The number of ether oxygens (including phenoxy) is 1. The number of para-hydroxylation sites is 1. The van der Waals surface area contributed by atoms with Crippen molar-refractivity contribution in [2.75, 3.05) is 12.4 Å². The van der Waals surface area contributed by atoms with E-state index in [1.807, 2.05) is 36.5 Å². The van der Waals surface area contributed by atoms with E-state index >= 15 is 0 Å². The smallest absolute Gasteiger partial charge is 0.144 e. The molecule has 4 rings (SSSR count). The number of rotatable bonds is 5. The Morgan fingerprint density at radius 2 is 1.80 bits per heavy atom. The Morgan fingerprint density at radius 3 is 2.64 bits per heavy atom. The fraction of sp³-hybridized carbons (Fsp3) is 0.0952. The highest BCUT2D eigenvalue weighted by atomic mass is 16.5. The molecule has 1 N–H and O–H groups in total. The van der Waals surface area contributed by atoms with Gasteiger partial charge in [-0.3, -0.25) is 0 Å². The number of hydrogen-bond donors (Lipinski definition) is 1. The summed E-state index contributed by atoms with van der Waals surface area (Å²) in [4.78, 5) is 4.52. The third-order valence-electron chi connectivity index (χ3n) is 4.27. The van der Waals surface area contributed by atoms with E-state index < -0.39 is 0 Å². The summed E-state index contributed by atoms with van der Waals surface area (Å²) in [5.74, 6) is 0.857. The molecule has 0 radical (unpaired) electrons. The Hall–Kier alpha value is -3.27. The van der Waals surface area contributed by atoms with Gasteiger partial charge in [0, 0.05) is 30.0 Å². The molecule has 124 valence electrons. The Labute approximate surface area is 146 Å². The number of hydrogen-bond acceptors (Lipinski definition) is 3. The second kappa shape index (κ2) is 6.69. The topological polar surface area (TPSA) is 39.1 Å². The lowest BCUT2D eigenvalue weighted by molar-refractivity contribution is 0.415. The van der Waals surface area contributed by atoms with Crippen LogP contribution in [0.2, 0.25) is 0 Å². The van der Waals surface area contributed by atoms with Crippen LogP contribution in [0.4, 0.5) is 5.69 Å². The van der Waals surface area contributed by atoms with Crippen molar-refractivity contribution in [1.82, 2.24) is 9.55 Å². The van der Waals surface area contributed by atoms with Gasteiger partial charge in [0.15, 0.2) is 0 Å². The summed E-state index contributed by atoms with van der Waals surface area (Å²) >= 11 is 0. The lowest BCUT2D eigenvalue weighted by Crippen LogP contribution is -2.05. The van der Waals surface area contributed by atoms with Crippen LogP contribution >= 0.6 is 0 Å². The normalized spacial score (nSPS) is 10.8. The number of nitrogens with one attached hydrogen (secondary N) is 1. The van der Waals surface area contributed by atoms with E-state index in [2.05, 4.69) is 57.5 Å². The van der Waals surface area contributed by atoms with Gasteiger partial charge in [-0.15, -0.1) is 0 Å². The summed E-state index contributed by atoms with van der Waals surface area (Å²) in [5.41, 5.74) is 4.38. The van der Waals surface area contributed by atoms with Gasteiger partial charge < -0.3 is 14.6 Å². The van der Waals surface area contributed by atoms with Crippen molar-refractivity contribution in [2.45, 2.75) is 6.54 Å². The molecule has 2 heterocycles. The molecule has 4 heteroatoms. The molecule has 25 heavy (non-hydrogen) atoms. The fourth-order valence-electron chi connectivity index (χ4n) is 2.96. The highest BCUT2D eigenvalue weighted by molar-refractivity contribution is 5.78. The van der Waals surface area contributed by atoms with E-state index in [9.17, 15) is 0 Å². The van der Waals surface area contributed by atoms with Crippen molar-refractivity contribution in [1.29, 1.82) is 0 Å². The van der Waals surface area contributed by atoms with Gasteiger partial charge in [-0.1, -0.05) is 18.2 Å². The second-order valence-corrected chi connectivity index (χ2v) is 5.81. The average Bonchev–Trinajstić information content (AvgIpc) is 3.11. The number of pyridine rings is 1. The lowest BCUT2D eigenvalue weighted by Gasteiger charge is -2.13. The third-order valence-corrected chi connectivity index (χ3v) is 4.27. The van der Waals surface area contributed by atoms with Crippen LogP contribution < -0.4 is 10.1 Å². The zero-order valence-electron chi connectivity index (χ0n) is 14.0. The Morgan fingerprint density at radius 1 is 0.960 bits per heavy atom. The summed E-state index contributed by atoms with van der Waals surface area (Å²) in [6, 6.07) is 22.5. The molecule has 0 aliphatic carbocycles. The zero-order chi connectivity index (χ0) is 17.1. The van der Waals surface area contributed by atoms with Crippen LogP contribution in [0.15, 0.2) is 79.1 Å². The number of aromatic nitrogens is 2. The molecular formula is C21H19N3O. The monoisotopic (exact) mass is 329 g/mol. The first-order chi connectivity index (χ1) is 12.3. The van der Waals surface area contributed by atoms with Gasteiger partial charge in [0.2, 0.25) is 0 Å². The molecule has 4 aromatic rings. The minimum Gasteiger partial charge on any atom is -0.497 e. The number of nitrogens with zero attached hydrogens (tertiary/aromatic N) is 2. The maximum Gasteiger partial charge on any atom is 0.144 e. The molecule has 0 aliphatic heterocycles. The summed E-state index contributed by atoms with van der Waals surface area (Å²) in [6.45, 7) is 0.731. The molecule has 0 amide bonds. The van der Waals surface area contributed by atoms with Crippen molar-refractivity contribution in [3.63, 3.8) is 0 Å². The van der Waals surface area contributed by atoms with E-state index in [4.69, 9.17) is 4.74 Å². The molecule has 0 saturated carbocycles. The standard InChI is InChI=1S/C21H19N3O/c1-25-19-10-8-18(9-11-19)23-15-17-5-2-3-7-20(17)24-14-12-16-6-4-13-22-21(16)24/h2-14,23H,15H2,1H3. The number of anilines is 1. The first-order valence-electron chi connectivity index (χ1n) is 8.23. The minimum atomic E-state index is 0.731. The van der Waals surface area contributed by atoms with Gasteiger partial charge in [0.1, 0.15) is 11.4 Å². The first-order valence-corrected chi connectivity index (χ1v) is 8.23. The lowest BCUT2D eigenvalue weighted by atomic mass is 10.1. The Balaban J connectivity index is 1.62. The largest absolute Gasteiger partial charge is 0.497 e. The first kappa shape index (κ1) is 15.3. The van der Waals surface area contributed by atoms with Gasteiger partial charge >= 0.3 is 0 Å². The number of methoxy groups -OCH3 is 1. The van der Waals surface area contributed by atoms with Gasteiger partial charge in [-0.25, -0.2) is 4.98 Å². The maximum absolute atomic E-state index is 5.20. The van der Waals surface area contributed by atoms with Crippen molar-refractivity contribution in [3.05, 3.63) is 84.7 Å². The van der Waals surface area contributed by atoms with Crippen LogP contribution in [-0.2, 0) is 6.54 Å². The van der Waals surface area contributed by atoms with Gasteiger partial charge in [-0.05, 0) is 54.1 Å². The molecular weight excluding hydrogens is 310 g/mol. The minimum absolute atomic E-state index is 0.731. The second-order valence-electron chi connectivity index (χ2n) is 5.81. The number of fused-ring (bicyclic) bond motifs is 1. The van der Waals surface area contributed by atoms with Crippen molar-refractivity contribution in [3.8, 4) is 11.4 Å². The molecule has 4 nitrogen and oxygen atoms in total. The molecule has 0 saturated heterocycles. The Kier molecular flexibility index (Phi) is 4.09. The van der Waals surface area contributed by atoms with Crippen molar-refractivity contribution >= 4 is 16.7 Å². The molecule has 2 aromatic heterocycles. The summed E-state index contributed by atoms with van der Waals surface area (Å²) in [7, 11) is 1.67. The molecule has 0 aliphatic rings. The summed E-state index contributed by atoms with van der Waals surface area (Å²) < 4.78 is 7.34. The van der Waals surface area contributed by atoms with Crippen molar-refractivity contribution in [2.24, 2.45) is 0 Å². The molecule has 0 unspecified atom stereocenters. The Bertz CT molecular complexity index is 989. The van der Waals surface area contributed by atoms with Crippen LogP contribution in [0.3, 0.4) is 0 Å². The average molecular weight is 329 g/mol. The van der Waals surface area contributed by atoms with Crippen molar-refractivity contribution < 1.29 is 4.74 Å². The molecule has 2 aromatic carbocycles.